The van der Waals surface area contributed by atoms with Gasteiger partial charge in [-0.1, -0.05) is 0 Å². The predicted octanol–water partition coefficient (Wildman–Crippen LogP) is 2.03. The molecule has 0 atom stereocenters. The maximum absolute atomic E-state index is 12.0. The summed E-state index contributed by atoms with van der Waals surface area (Å²) >= 11 is 2.10. The molecule has 0 radical (unpaired) electrons. The first-order chi connectivity index (χ1) is 8.56. The predicted molar refractivity (Wildman–Crippen MR) is 76.6 cm³/mol. The zero-order chi connectivity index (χ0) is 13.1. The van der Waals surface area contributed by atoms with E-state index >= 15 is 0 Å². The van der Waals surface area contributed by atoms with Gasteiger partial charge in [-0.25, -0.2) is 0 Å². The number of phenolic OH excluding ortho intramolecular Hbond substituents is 1. The molecule has 1 aromatic rings. The maximum Gasteiger partial charge on any atom is 0.255 e. The van der Waals surface area contributed by atoms with E-state index in [4.69, 9.17) is 0 Å². The molecule has 1 amide bonds. The molecule has 1 saturated carbocycles. The van der Waals surface area contributed by atoms with Crippen LogP contribution < -0.4 is 5.32 Å². The standard InChI is InChI=1S/C13H16INO3/c14-8-1-6-12(17)11(7-8)13(18)15-9-2-4-10(16)5-3-9/h1,6-7,9-10,16-17H,2-5H2,(H,15,18). The third kappa shape index (κ3) is 3.35. The second-order valence-corrected chi connectivity index (χ2v) is 5.89. The molecule has 0 heterocycles. The van der Waals surface area contributed by atoms with E-state index in [1.807, 2.05) is 0 Å². The van der Waals surface area contributed by atoms with Crippen molar-refractivity contribution in [1.82, 2.24) is 5.32 Å². The Kier molecular flexibility index (Phi) is 4.45. The van der Waals surface area contributed by atoms with E-state index in [9.17, 15) is 15.0 Å². The van der Waals surface area contributed by atoms with Gasteiger partial charge in [0.15, 0.2) is 0 Å². The average molecular weight is 361 g/mol. The van der Waals surface area contributed by atoms with E-state index in [1.165, 1.54) is 6.07 Å². The second kappa shape index (κ2) is 5.88. The van der Waals surface area contributed by atoms with Gasteiger partial charge >= 0.3 is 0 Å². The minimum Gasteiger partial charge on any atom is -0.507 e. The van der Waals surface area contributed by atoms with Crippen molar-refractivity contribution in [2.24, 2.45) is 0 Å². The summed E-state index contributed by atoms with van der Waals surface area (Å²) in [6, 6.07) is 5.05. The number of carbonyl (C=O) groups excluding carboxylic acids is 1. The number of hydrogen-bond acceptors (Lipinski definition) is 3. The zero-order valence-corrected chi connectivity index (χ0v) is 12.1. The van der Waals surface area contributed by atoms with Crippen molar-refractivity contribution in [2.45, 2.75) is 37.8 Å². The Bertz CT molecular complexity index is 442. The Morgan fingerprint density at radius 3 is 2.61 bits per heavy atom. The molecule has 1 aliphatic rings. The highest BCUT2D eigenvalue weighted by atomic mass is 127. The van der Waals surface area contributed by atoms with Crippen LogP contribution in [0.1, 0.15) is 36.0 Å². The van der Waals surface area contributed by atoms with Gasteiger partial charge in [0.25, 0.3) is 5.91 Å². The van der Waals surface area contributed by atoms with Gasteiger partial charge in [0.2, 0.25) is 0 Å². The molecular formula is C13H16INO3. The SMILES string of the molecule is O=C(NC1CCC(O)CC1)c1cc(I)ccc1O. The number of benzene rings is 1. The van der Waals surface area contributed by atoms with E-state index in [0.717, 1.165) is 29.3 Å². The van der Waals surface area contributed by atoms with Gasteiger partial charge in [-0.15, -0.1) is 0 Å². The zero-order valence-electron chi connectivity index (χ0n) is 9.90. The van der Waals surface area contributed by atoms with Crippen LogP contribution in [-0.2, 0) is 0 Å². The molecule has 1 aromatic carbocycles. The average Bonchev–Trinajstić information content (AvgIpc) is 2.35. The minimum absolute atomic E-state index is 0.00348. The third-order valence-electron chi connectivity index (χ3n) is 3.24. The minimum atomic E-state index is -0.243. The van der Waals surface area contributed by atoms with Gasteiger partial charge < -0.3 is 15.5 Å². The molecule has 18 heavy (non-hydrogen) atoms. The molecule has 5 heteroatoms. The highest BCUT2D eigenvalue weighted by molar-refractivity contribution is 14.1. The van der Waals surface area contributed by atoms with E-state index in [-0.39, 0.29) is 23.8 Å². The lowest BCUT2D eigenvalue weighted by atomic mass is 9.93. The summed E-state index contributed by atoms with van der Waals surface area (Å²) in [6.45, 7) is 0. The van der Waals surface area contributed by atoms with Crippen LogP contribution in [0.3, 0.4) is 0 Å². The Labute approximate surface area is 120 Å². The molecule has 2 rings (SSSR count). The molecule has 98 valence electrons. The summed E-state index contributed by atoms with van der Waals surface area (Å²) in [7, 11) is 0. The number of phenols is 1. The molecule has 1 aliphatic carbocycles. The lowest BCUT2D eigenvalue weighted by Crippen LogP contribution is -2.38. The molecule has 1 fully saturated rings. The van der Waals surface area contributed by atoms with E-state index < -0.39 is 0 Å². The second-order valence-electron chi connectivity index (χ2n) is 4.64. The molecular weight excluding hydrogens is 345 g/mol. The van der Waals surface area contributed by atoms with Gasteiger partial charge in [0.1, 0.15) is 5.75 Å². The van der Waals surface area contributed by atoms with E-state index in [2.05, 4.69) is 27.9 Å². The number of aliphatic hydroxyl groups is 1. The van der Waals surface area contributed by atoms with Crippen molar-refractivity contribution in [1.29, 1.82) is 0 Å². The molecule has 0 saturated heterocycles. The van der Waals surface area contributed by atoms with E-state index in [0.29, 0.717) is 5.56 Å². The number of aromatic hydroxyl groups is 1. The van der Waals surface area contributed by atoms with Crippen LogP contribution in [-0.4, -0.2) is 28.3 Å². The smallest absolute Gasteiger partial charge is 0.255 e. The van der Waals surface area contributed by atoms with Crippen LogP contribution in [0.15, 0.2) is 18.2 Å². The fourth-order valence-corrected chi connectivity index (χ4v) is 2.66. The first-order valence-electron chi connectivity index (χ1n) is 6.03. The molecule has 0 aromatic heterocycles. The van der Waals surface area contributed by atoms with Gasteiger partial charge in [0, 0.05) is 9.61 Å². The number of aliphatic hydroxyl groups excluding tert-OH is 1. The van der Waals surface area contributed by atoms with Crippen LogP contribution in [0.4, 0.5) is 0 Å². The fourth-order valence-electron chi connectivity index (χ4n) is 2.17. The normalized spacial score (nSPS) is 23.7. The summed E-state index contributed by atoms with van der Waals surface area (Å²) in [6.07, 6.45) is 2.80. The first kappa shape index (κ1) is 13.6. The van der Waals surface area contributed by atoms with Crippen molar-refractivity contribution < 1.29 is 15.0 Å². The Morgan fingerprint density at radius 2 is 1.94 bits per heavy atom. The van der Waals surface area contributed by atoms with E-state index in [1.54, 1.807) is 12.1 Å². The van der Waals surface area contributed by atoms with Gasteiger partial charge in [-0.2, -0.15) is 0 Å². The lowest BCUT2D eigenvalue weighted by Gasteiger charge is -2.26. The third-order valence-corrected chi connectivity index (χ3v) is 3.91. The Hall–Kier alpha value is -0.820. The largest absolute Gasteiger partial charge is 0.507 e. The summed E-state index contributed by atoms with van der Waals surface area (Å²) < 4.78 is 0.912. The summed E-state index contributed by atoms with van der Waals surface area (Å²) in [4.78, 5) is 12.0. The number of carbonyl (C=O) groups is 1. The van der Waals surface area contributed by atoms with Gasteiger partial charge in [0.05, 0.1) is 11.7 Å². The first-order valence-corrected chi connectivity index (χ1v) is 7.11. The number of hydrogen-bond donors (Lipinski definition) is 3. The molecule has 0 unspecified atom stereocenters. The number of rotatable bonds is 2. The molecule has 4 nitrogen and oxygen atoms in total. The van der Waals surface area contributed by atoms with Crippen molar-refractivity contribution in [3.8, 4) is 5.75 Å². The highest BCUT2D eigenvalue weighted by Gasteiger charge is 2.22. The molecule has 0 bridgehead atoms. The fraction of sp³-hybridized carbons (Fsp3) is 0.462. The Balaban J connectivity index is 2.01. The quantitative estimate of drug-likeness (QED) is 0.706. The van der Waals surface area contributed by atoms with Crippen LogP contribution in [0.5, 0.6) is 5.75 Å². The monoisotopic (exact) mass is 361 g/mol. The van der Waals surface area contributed by atoms with Crippen LogP contribution >= 0.6 is 22.6 Å². The van der Waals surface area contributed by atoms with Crippen LogP contribution in [0, 0.1) is 3.57 Å². The molecule has 0 aliphatic heterocycles. The molecule has 0 spiro atoms. The lowest BCUT2D eigenvalue weighted by molar-refractivity contribution is 0.0865. The number of halogens is 1. The topological polar surface area (TPSA) is 69.6 Å². The summed E-state index contributed by atoms with van der Waals surface area (Å²) in [5, 5.41) is 22.0. The highest BCUT2D eigenvalue weighted by Crippen LogP contribution is 2.22. The van der Waals surface area contributed by atoms with Crippen LogP contribution in [0.25, 0.3) is 0 Å². The van der Waals surface area contributed by atoms with Crippen LogP contribution in [0.2, 0.25) is 0 Å². The van der Waals surface area contributed by atoms with Gasteiger partial charge in [-0.3, -0.25) is 4.79 Å². The number of amides is 1. The summed E-state index contributed by atoms with van der Waals surface area (Å²) in [5.74, 6) is -0.240. The van der Waals surface area contributed by atoms with Gasteiger partial charge in [-0.05, 0) is 66.5 Å². The Morgan fingerprint density at radius 1 is 1.28 bits per heavy atom. The summed E-state index contributed by atoms with van der Waals surface area (Å²) in [5.41, 5.74) is 0.313. The van der Waals surface area contributed by atoms with Crippen molar-refractivity contribution in [3.05, 3.63) is 27.3 Å². The van der Waals surface area contributed by atoms with Crippen molar-refractivity contribution in [3.63, 3.8) is 0 Å². The van der Waals surface area contributed by atoms with Crippen molar-refractivity contribution in [2.75, 3.05) is 0 Å². The number of nitrogens with one attached hydrogen (secondary N) is 1. The molecule has 3 N–H and O–H groups in total. The maximum atomic E-state index is 12.0. The van der Waals surface area contributed by atoms with Crippen molar-refractivity contribution >= 4 is 28.5 Å².